The fourth-order valence-electron chi connectivity index (χ4n) is 2.81. The second-order valence-corrected chi connectivity index (χ2v) is 8.52. The molecule has 1 unspecified atom stereocenters. The molecule has 1 aliphatic carbocycles. The van der Waals surface area contributed by atoms with Crippen molar-refractivity contribution < 1.29 is 13.2 Å². The summed E-state index contributed by atoms with van der Waals surface area (Å²) in [6, 6.07) is 2.10. The number of amides is 1. The van der Waals surface area contributed by atoms with Crippen molar-refractivity contribution in [2.45, 2.75) is 25.8 Å². The van der Waals surface area contributed by atoms with Crippen molar-refractivity contribution in [1.82, 2.24) is 14.7 Å². The Labute approximate surface area is 130 Å². The molecule has 0 aromatic carbocycles. The van der Waals surface area contributed by atoms with Gasteiger partial charge in [0.15, 0.2) is 9.84 Å². The summed E-state index contributed by atoms with van der Waals surface area (Å²) in [6.07, 6.45) is 4.13. The Balaban J connectivity index is 1.55. The molecule has 2 fully saturated rings. The summed E-state index contributed by atoms with van der Waals surface area (Å²) in [5, 5.41) is 7.20. The SMILES string of the molecule is CC(C1CC1)n1nccc1NC(=O)CN1CCS(=O)(=O)CC1. The van der Waals surface area contributed by atoms with E-state index in [1.807, 2.05) is 9.58 Å². The molecule has 122 valence electrons. The quantitative estimate of drug-likeness (QED) is 0.853. The van der Waals surface area contributed by atoms with Gasteiger partial charge in [0.05, 0.1) is 30.3 Å². The molecule has 1 saturated heterocycles. The molecule has 0 bridgehead atoms. The van der Waals surface area contributed by atoms with E-state index in [2.05, 4.69) is 17.3 Å². The highest BCUT2D eigenvalue weighted by molar-refractivity contribution is 7.91. The average molecular weight is 326 g/mol. The van der Waals surface area contributed by atoms with Crippen LogP contribution in [-0.2, 0) is 14.6 Å². The van der Waals surface area contributed by atoms with Crippen LogP contribution in [0.3, 0.4) is 0 Å². The number of hydrogen-bond acceptors (Lipinski definition) is 5. The number of aromatic nitrogens is 2. The van der Waals surface area contributed by atoms with Gasteiger partial charge < -0.3 is 5.32 Å². The lowest BCUT2D eigenvalue weighted by molar-refractivity contribution is -0.117. The van der Waals surface area contributed by atoms with Crippen LogP contribution in [-0.4, -0.2) is 60.1 Å². The fraction of sp³-hybridized carbons (Fsp3) is 0.714. The van der Waals surface area contributed by atoms with Crippen molar-refractivity contribution in [3.8, 4) is 0 Å². The molecule has 22 heavy (non-hydrogen) atoms. The monoisotopic (exact) mass is 326 g/mol. The van der Waals surface area contributed by atoms with Crippen LogP contribution in [0, 0.1) is 5.92 Å². The first-order valence-corrected chi connectivity index (χ1v) is 9.53. The summed E-state index contributed by atoms with van der Waals surface area (Å²) in [7, 11) is -2.91. The van der Waals surface area contributed by atoms with Crippen LogP contribution in [0.4, 0.5) is 5.82 Å². The smallest absolute Gasteiger partial charge is 0.239 e. The predicted octanol–water partition coefficient (Wildman–Crippen LogP) is 0.523. The van der Waals surface area contributed by atoms with Crippen LogP contribution in [0.15, 0.2) is 12.3 Å². The number of hydrogen-bond donors (Lipinski definition) is 1. The maximum absolute atomic E-state index is 12.2. The second-order valence-electron chi connectivity index (χ2n) is 6.22. The molecule has 1 atom stereocenters. The van der Waals surface area contributed by atoms with Gasteiger partial charge in [-0.3, -0.25) is 9.69 Å². The van der Waals surface area contributed by atoms with Gasteiger partial charge in [-0.25, -0.2) is 13.1 Å². The van der Waals surface area contributed by atoms with Crippen molar-refractivity contribution in [1.29, 1.82) is 0 Å². The Morgan fingerprint density at radius 3 is 2.73 bits per heavy atom. The van der Waals surface area contributed by atoms with E-state index in [0.29, 0.717) is 30.9 Å². The molecule has 7 nitrogen and oxygen atoms in total. The van der Waals surface area contributed by atoms with Crippen LogP contribution < -0.4 is 5.32 Å². The minimum Gasteiger partial charge on any atom is -0.310 e. The summed E-state index contributed by atoms with van der Waals surface area (Å²) < 4.78 is 24.6. The largest absolute Gasteiger partial charge is 0.310 e. The van der Waals surface area contributed by atoms with Gasteiger partial charge in [-0.1, -0.05) is 0 Å². The first kappa shape index (κ1) is 15.5. The highest BCUT2D eigenvalue weighted by Gasteiger charge is 2.31. The second kappa shape index (κ2) is 6.00. The lowest BCUT2D eigenvalue weighted by Gasteiger charge is -2.25. The van der Waals surface area contributed by atoms with E-state index in [0.717, 1.165) is 0 Å². The van der Waals surface area contributed by atoms with Crippen LogP contribution in [0.1, 0.15) is 25.8 Å². The molecule has 1 aromatic heterocycles. The topological polar surface area (TPSA) is 84.3 Å². The van der Waals surface area contributed by atoms with Crippen LogP contribution in [0.2, 0.25) is 0 Å². The van der Waals surface area contributed by atoms with Crippen molar-refractivity contribution in [2.75, 3.05) is 36.5 Å². The molecular formula is C14H22N4O3S. The van der Waals surface area contributed by atoms with Crippen molar-refractivity contribution in [3.05, 3.63) is 12.3 Å². The predicted molar refractivity (Wildman–Crippen MR) is 83.4 cm³/mol. The fourth-order valence-corrected chi connectivity index (χ4v) is 4.09. The third kappa shape index (κ3) is 3.67. The first-order chi connectivity index (χ1) is 10.4. The number of rotatable bonds is 5. The maximum Gasteiger partial charge on any atom is 0.239 e. The molecule has 1 saturated carbocycles. The van der Waals surface area contributed by atoms with E-state index >= 15 is 0 Å². The van der Waals surface area contributed by atoms with E-state index in [-0.39, 0.29) is 24.0 Å². The van der Waals surface area contributed by atoms with Crippen molar-refractivity contribution in [3.63, 3.8) is 0 Å². The van der Waals surface area contributed by atoms with E-state index in [9.17, 15) is 13.2 Å². The van der Waals surface area contributed by atoms with Crippen molar-refractivity contribution >= 4 is 21.6 Å². The molecule has 3 rings (SSSR count). The zero-order valence-electron chi connectivity index (χ0n) is 12.7. The highest BCUT2D eigenvalue weighted by atomic mass is 32.2. The van der Waals surface area contributed by atoms with Gasteiger partial charge in [0, 0.05) is 19.2 Å². The molecule has 0 radical (unpaired) electrons. The Kier molecular flexibility index (Phi) is 4.22. The third-order valence-electron chi connectivity index (χ3n) is 4.43. The minimum absolute atomic E-state index is 0.121. The summed E-state index contributed by atoms with van der Waals surface area (Å²) in [4.78, 5) is 14.0. The minimum atomic E-state index is -2.91. The Morgan fingerprint density at radius 1 is 1.41 bits per heavy atom. The van der Waals surface area contributed by atoms with Crippen LogP contribution >= 0.6 is 0 Å². The molecule has 2 aliphatic rings. The van der Waals surface area contributed by atoms with Gasteiger partial charge in [-0.2, -0.15) is 5.10 Å². The van der Waals surface area contributed by atoms with Gasteiger partial charge in [-0.05, 0) is 25.7 Å². The summed E-state index contributed by atoms with van der Waals surface area (Å²) in [6.45, 7) is 3.19. The van der Waals surface area contributed by atoms with Crippen LogP contribution in [0.5, 0.6) is 0 Å². The Morgan fingerprint density at radius 2 is 2.09 bits per heavy atom. The van der Waals surface area contributed by atoms with E-state index in [1.165, 1.54) is 12.8 Å². The normalized spacial score (nSPS) is 23.1. The van der Waals surface area contributed by atoms with Crippen LogP contribution in [0.25, 0.3) is 0 Å². The van der Waals surface area contributed by atoms with Gasteiger partial charge in [0.25, 0.3) is 0 Å². The molecule has 2 heterocycles. The number of anilines is 1. The van der Waals surface area contributed by atoms with E-state index < -0.39 is 9.84 Å². The lowest BCUT2D eigenvalue weighted by atomic mass is 10.2. The summed E-state index contributed by atoms with van der Waals surface area (Å²) in [5.74, 6) is 1.52. The number of carbonyl (C=O) groups is 1. The summed E-state index contributed by atoms with van der Waals surface area (Å²) in [5.41, 5.74) is 0. The maximum atomic E-state index is 12.2. The third-order valence-corrected chi connectivity index (χ3v) is 6.04. The zero-order chi connectivity index (χ0) is 15.7. The average Bonchev–Trinajstić information content (AvgIpc) is 3.21. The molecular weight excluding hydrogens is 304 g/mol. The zero-order valence-corrected chi connectivity index (χ0v) is 13.6. The van der Waals surface area contributed by atoms with E-state index in [1.54, 1.807) is 12.3 Å². The molecule has 1 aromatic rings. The molecule has 1 aliphatic heterocycles. The standard InChI is InChI=1S/C14H22N4O3S/c1-11(12-2-3-12)18-13(4-5-15-18)16-14(19)10-17-6-8-22(20,21)9-7-17/h4-5,11-12H,2-3,6-10H2,1H3,(H,16,19). The number of nitrogens with zero attached hydrogens (tertiary/aromatic N) is 3. The van der Waals surface area contributed by atoms with Gasteiger partial charge in [0.2, 0.25) is 5.91 Å². The first-order valence-electron chi connectivity index (χ1n) is 7.71. The van der Waals surface area contributed by atoms with E-state index in [4.69, 9.17) is 0 Å². The number of nitrogens with one attached hydrogen (secondary N) is 1. The molecule has 8 heteroatoms. The van der Waals surface area contributed by atoms with Crippen molar-refractivity contribution in [2.24, 2.45) is 5.92 Å². The molecule has 0 spiro atoms. The number of carbonyl (C=O) groups excluding carboxylic acids is 1. The highest BCUT2D eigenvalue weighted by Crippen LogP contribution is 2.40. The Bertz CT molecular complexity index is 637. The van der Waals surface area contributed by atoms with Gasteiger partial charge >= 0.3 is 0 Å². The number of sulfone groups is 1. The van der Waals surface area contributed by atoms with Gasteiger partial charge in [-0.15, -0.1) is 0 Å². The summed E-state index contributed by atoms with van der Waals surface area (Å²) >= 11 is 0. The lowest BCUT2D eigenvalue weighted by Crippen LogP contribution is -2.44. The molecule has 1 amide bonds. The van der Waals surface area contributed by atoms with Gasteiger partial charge in [0.1, 0.15) is 5.82 Å². The molecule has 1 N–H and O–H groups in total. The Hall–Kier alpha value is -1.41.